The third kappa shape index (κ3) is 4.10. The van der Waals surface area contributed by atoms with Crippen LogP contribution in [0, 0.1) is 0 Å². The Hall–Kier alpha value is -2.36. The zero-order valence-corrected chi connectivity index (χ0v) is 10.7. The molecule has 2 aromatic rings. The number of ketones is 1. The summed E-state index contributed by atoms with van der Waals surface area (Å²) in [6.45, 7) is 0. The van der Waals surface area contributed by atoms with E-state index in [0.717, 1.165) is 16.8 Å². The molecule has 0 saturated heterocycles. The SMILES string of the molecule is Nc1cccc(CCC(=O)Cc2ccnc(N)c2)c1. The number of hydrogen-bond donors (Lipinski definition) is 2. The highest BCUT2D eigenvalue weighted by Crippen LogP contribution is 2.11. The van der Waals surface area contributed by atoms with Gasteiger partial charge in [0.2, 0.25) is 0 Å². The molecule has 0 saturated carbocycles. The summed E-state index contributed by atoms with van der Waals surface area (Å²) in [4.78, 5) is 15.8. The summed E-state index contributed by atoms with van der Waals surface area (Å²) >= 11 is 0. The van der Waals surface area contributed by atoms with Crippen LogP contribution >= 0.6 is 0 Å². The predicted molar refractivity (Wildman–Crippen MR) is 76.5 cm³/mol. The maximum Gasteiger partial charge on any atom is 0.137 e. The maximum absolute atomic E-state index is 11.9. The highest BCUT2D eigenvalue weighted by atomic mass is 16.1. The smallest absolute Gasteiger partial charge is 0.137 e. The number of aromatic nitrogens is 1. The lowest BCUT2D eigenvalue weighted by Crippen LogP contribution is -2.05. The molecule has 0 atom stereocenters. The molecule has 19 heavy (non-hydrogen) atoms. The Labute approximate surface area is 112 Å². The first kappa shape index (κ1) is 13.1. The first-order valence-corrected chi connectivity index (χ1v) is 6.20. The molecule has 0 aliphatic rings. The van der Waals surface area contributed by atoms with Gasteiger partial charge in [0.15, 0.2) is 0 Å². The van der Waals surface area contributed by atoms with Gasteiger partial charge in [-0.25, -0.2) is 4.98 Å². The molecule has 0 aliphatic carbocycles. The predicted octanol–water partition coefficient (Wildman–Crippen LogP) is 1.99. The van der Waals surface area contributed by atoms with Crippen LogP contribution in [0.3, 0.4) is 0 Å². The molecule has 0 unspecified atom stereocenters. The molecule has 0 aliphatic heterocycles. The number of pyridine rings is 1. The maximum atomic E-state index is 11.9. The molecule has 1 aromatic carbocycles. The molecule has 0 spiro atoms. The minimum absolute atomic E-state index is 0.188. The summed E-state index contributed by atoms with van der Waals surface area (Å²) in [5.74, 6) is 0.633. The number of carbonyl (C=O) groups excluding carboxylic acids is 1. The van der Waals surface area contributed by atoms with Crippen molar-refractivity contribution < 1.29 is 4.79 Å². The van der Waals surface area contributed by atoms with E-state index in [1.54, 1.807) is 12.3 Å². The largest absolute Gasteiger partial charge is 0.399 e. The van der Waals surface area contributed by atoms with Crippen molar-refractivity contribution >= 4 is 17.3 Å². The number of benzene rings is 1. The van der Waals surface area contributed by atoms with E-state index in [-0.39, 0.29) is 5.78 Å². The highest BCUT2D eigenvalue weighted by molar-refractivity contribution is 5.81. The summed E-state index contributed by atoms with van der Waals surface area (Å²) in [5.41, 5.74) is 14.0. The van der Waals surface area contributed by atoms with Crippen molar-refractivity contribution in [2.45, 2.75) is 19.3 Å². The van der Waals surface area contributed by atoms with Crippen LogP contribution in [0.15, 0.2) is 42.6 Å². The molecule has 1 aromatic heterocycles. The zero-order valence-electron chi connectivity index (χ0n) is 10.7. The van der Waals surface area contributed by atoms with Gasteiger partial charge in [0.1, 0.15) is 11.6 Å². The number of carbonyl (C=O) groups is 1. The van der Waals surface area contributed by atoms with Crippen LogP contribution in [-0.2, 0) is 17.6 Å². The number of anilines is 2. The lowest BCUT2D eigenvalue weighted by atomic mass is 10.0. The summed E-state index contributed by atoms with van der Waals surface area (Å²) in [7, 11) is 0. The molecule has 1 heterocycles. The Bertz CT molecular complexity index is 581. The monoisotopic (exact) mass is 255 g/mol. The van der Waals surface area contributed by atoms with Gasteiger partial charge in [-0.05, 0) is 41.8 Å². The van der Waals surface area contributed by atoms with Crippen LogP contribution < -0.4 is 11.5 Å². The van der Waals surface area contributed by atoms with Crippen molar-refractivity contribution in [1.82, 2.24) is 4.98 Å². The second kappa shape index (κ2) is 6.00. The number of hydrogen-bond acceptors (Lipinski definition) is 4. The van der Waals surface area contributed by atoms with E-state index >= 15 is 0 Å². The fraction of sp³-hybridized carbons (Fsp3) is 0.200. The summed E-state index contributed by atoms with van der Waals surface area (Å²) < 4.78 is 0. The van der Waals surface area contributed by atoms with E-state index in [9.17, 15) is 4.79 Å². The zero-order chi connectivity index (χ0) is 13.7. The Morgan fingerprint density at radius 3 is 2.68 bits per heavy atom. The summed E-state index contributed by atoms with van der Waals surface area (Å²) in [6.07, 6.45) is 3.24. The van der Waals surface area contributed by atoms with Crippen molar-refractivity contribution in [2.75, 3.05) is 11.5 Å². The van der Waals surface area contributed by atoms with Crippen molar-refractivity contribution in [1.29, 1.82) is 0 Å². The molecule has 4 heteroatoms. The van der Waals surface area contributed by atoms with E-state index in [1.165, 1.54) is 0 Å². The third-order valence-corrected chi connectivity index (χ3v) is 2.89. The van der Waals surface area contributed by atoms with E-state index in [0.29, 0.717) is 25.1 Å². The van der Waals surface area contributed by atoms with Gasteiger partial charge in [-0.1, -0.05) is 12.1 Å². The topological polar surface area (TPSA) is 82.0 Å². The Balaban J connectivity index is 1.88. The van der Waals surface area contributed by atoms with Crippen LogP contribution in [0.1, 0.15) is 17.5 Å². The van der Waals surface area contributed by atoms with Crippen LogP contribution in [0.4, 0.5) is 11.5 Å². The molecule has 0 amide bonds. The number of nitrogens with two attached hydrogens (primary N) is 2. The number of rotatable bonds is 5. The van der Waals surface area contributed by atoms with Gasteiger partial charge in [-0.2, -0.15) is 0 Å². The first-order chi connectivity index (χ1) is 9.13. The Morgan fingerprint density at radius 2 is 1.95 bits per heavy atom. The van der Waals surface area contributed by atoms with Crippen molar-refractivity contribution in [3.8, 4) is 0 Å². The average Bonchev–Trinajstić information content (AvgIpc) is 2.36. The van der Waals surface area contributed by atoms with Gasteiger partial charge in [-0.15, -0.1) is 0 Å². The molecule has 4 N–H and O–H groups in total. The number of Topliss-reactive ketones (excluding diaryl/α,β-unsaturated/α-hetero) is 1. The van der Waals surface area contributed by atoms with Gasteiger partial charge in [-0.3, -0.25) is 4.79 Å². The van der Waals surface area contributed by atoms with E-state index < -0.39 is 0 Å². The van der Waals surface area contributed by atoms with E-state index in [4.69, 9.17) is 11.5 Å². The van der Waals surface area contributed by atoms with Crippen LogP contribution in [0.25, 0.3) is 0 Å². The van der Waals surface area contributed by atoms with Gasteiger partial charge in [0, 0.05) is 24.7 Å². The Morgan fingerprint density at radius 1 is 1.11 bits per heavy atom. The molecule has 0 bridgehead atoms. The van der Waals surface area contributed by atoms with Crippen molar-refractivity contribution in [3.63, 3.8) is 0 Å². The van der Waals surface area contributed by atoms with Gasteiger partial charge in [0.05, 0.1) is 0 Å². The lowest BCUT2D eigenvalue weighted by Gasteiger charge is -2.03. The lowest BCUT2D eigenvalue weighted by molar-refractivity contribution is -0.118. The van der Waals surface area contributed by atoms with E-state index in [1.807, 2.05) is 30.3 Å². The van der Waals surface area contributed by atoms with Crippen LogP contribution in [0.2, 0.25) is 0 Å². The quantitative estimate of drug-likeness (QED) is 0.800. The standard InChI is InChI=1S/C15H17N3O/c16-13-3-1-2-11(8-13)4-5-14(19)9-12-6-7-18-15(17)10-12/h1-3,6-8,10H,4-5,9,16H2,(H2,17,18). The number of nitrogen functional groups attached to an aromatic ring is 2. The summed E-state index contributed by atoms with van der Waals surface area (Å²) in [6, 6.07) is 11.2. The second-order valence-electron chi connectivity index (χ2n) is 4.55. The van der Waals surface area contributed by atoms with Crippen molar-refractivity contribution in [2.24, 2.45) is 0 Å². The minimum atomic E-state index is 0.188. The number of nitrogens with zero attached hydrogens (tertiary/aromatic N) is 1. The first-order valence-electron chi connectivity index (χ1n) is 6.20. The fourth-order valence-corrected chi connectivity index (χ4v) is 1.95. The van der Waals surface area contributed by atoms with Crippen LogP contribution in [-0.4, -0.2) is 10.8 Å². The molecule has 98 valence electrons. The average molecular weight is 255 g/mol. The number of aryl methyl sites for hydroxylation is 1. The molecule has 0 fully saturated rings. The molecule has 2 rings (SSSR count). The molecular weight excluding hydrogens is 238 g/mol. The van der Waals surface area contributed by atoms with Gasteiger partial charge < -0.3 is 11.5 Å². The van der Waals surface area contributed by atoms with Crippen LogP contribution in [0.5, 0.6) is 0 Å². The second-order valence-corrected chi connectivity index (χ2v) is 4.55. The molecule has 0 radical (unpaired) electrons. The van der Waals surface area contributed by atoms with Gasteiger partial charge in [0.25, 0.3) is 0 Å². The highest BCUT2D eigenvalue weighted by Gasteiger charge is 2.05. The molecular formula is C15H17N3O. The minimum Gasteiger partial charge on any atom is -0.399 e. The normalized spacial score (nSPS) is 10.3. The van der Waals surface area contributed by atoms with E-state index in [2.05, 4.69) is 4.98 Å². The van der Waals surface area contributed by atoms with Crippen molar-refractivity contribution in [3.05, 3.63) is 53.7 Å². The Kier molecular flexibility index (Phi) is 4.13. The molecule has 4 nitrogen and oxygen atoms in total. The third-order valence-electron chi connectivity index (χ3n) is 2.89. The van der Waals surface area contributed by atoms with Gasteiger partial charge >= 0.3 is 0 Å². The summed E-state index contributed by atoms with van der Waals surface area (Å²) in [5, 5.41) is 0. The fourth-order valence-electron chi connectivity index (χ4n) is 1.95.